The molecule has 88 valence electrons. The van der Waals surface area contributed by atoms with Crippen LogP contribution in [0.1, 0.15) is 19.3 Å². The molecule has 0 spiro atoms. The minimum absolute atomic E-state index is 0.868. The largest absolute Gasteiger partial charge is 0.330 e. The zero-order valence-corrected chi connectivity index (χ0v) is 9.99. The molecule has 2 aliphatic rings. The molecule has 2 N–H and O–H groups in total. The number of hydrogen-bond donors (Lipinski definition) is 1. The number of hydrogen-bond acceptors (Lipinski definition) is 3. The minimum atomic E-state index is 0.868. The van der Waals surface area contributed by atoms with E-state index < -0.39 is 0 Å². The van der Waals surface area contributed by atoms with Crippen LogP contribution >= 0.6 is 0 Å². The van der Waals surface area contributed by atoms with Gasteiger partial charge in [-0.25, -0.2) is 0 Å². The molecule has 0 bridgehead atoms. The standard InChI is InChI=1S/C12H25N3/c1-14-7-11(8-14)3-2-6-15-9-12(10-15)4-5-13/h11-12H,2-10,13H2,1H3. The third kappa shape index (κ3) is 3.16. The molecule has 0 saturated carbocycles. The molecule has 2 aliphatic heterocycles. The lowest BCUT2D eigenvalue weighted by atomic mass is 9.93. The van der Waals surface area contributed by atoms with Crippen molar-refractivity contribution in [2.75, 3.05) is 46.3 Å². The summed E-state index contributed by atoms with van der Waals surface area (Å²) in [5.41, 5.74) is 5.54. The van der Waals surface area contributed by atoms with Crippen LogP contribution in [0.15, 0.2) is 0 Å². The van der Waals surface area contributed by atoms with E-state index in [1.807, 2.05) is 0 Å². The fourth-order valence-corrected chi connectivity index (χ4v) is 2.89. The number of nitrogens with zero attached hydrogens (tertiary/aromatic N) is 2. The number of likely N-dealkylation sites (tertiary alicyclic amines) is 2. The van der Waals surface area contributed by atoms with Gasteiger partial charge in [0, 0.05) is 26.2 Å². The summed E-state index contributed by atoms with van der Waals surface area (Å²) in [6, 6.07) is 0. The van der Waals surface area contributed by atoms with E-state index in [1.165, 1.54) is 52.0 Å². The second-order valence-electron chi connectivity index (χ2n) is 5.43. The number of rotatable bonds is 6. The van der Waals surface area contributed by atoms with E-state index in [-0.39, 0.29) is 0 Å². The lowest BCUT2D eigenvalue weighted by Crippen LogP contribution is -2.48. The Labute approximate surface area is 93.6 Å². The number of nitrogens with two attached hydrogens (primary N) is 1. The van der Waals surface area contributed by atoms with Gasteiger partial charge in [-0.2, -0.15) is 0 Å². The molecule has 0 atom stereocenters. The summed E-state index contributed by atoms with van der Waals surface area (Å²) in [5.74, 6) is 1.90. The predicted molar refractivity (Wildman–Crippen MR) is 63.8 cm³/mol. The Morgan fingerprint density at radius 3 is 2.33 bits per heavy atom. The highest BCUT2D eigenvalue weighted by Gasteiger charge is 2.26. The Morgan fingerprint density at radius 1 is 1.07 bits per heavy atom. The Hall–Kier alpha value is -0.120. The van der Waals surface area contributed by atoms with Gasteiger partial charge in [-0.05, 0) is 51.2 Å². The first-order chi connectivity index (χ1) is 7.28. The van der Waals surface area contributed by atoms with Crippen molar-refractivity contribution in [3.8, 4) is 0 Å². The zero-order valence-electron chi connectivity index (χ0n) is 9.99. The van der Waals surface area contributed by atoms with E-state index in [9.17, 15) is 0 Å². The average Bonchev–Trinajstić information content (AvgIpc) is 2.10. The molecule has 2 fully saturated rings. The lowest BCUT2D eigenvalue weighted by Gasteiger charge is -2.40. The van der Waals surface area contributed by atoms with Crippen LogP contribution in [0.3, 0.4) is 0 Å². The SMILES string of the molecule is CN1CC(CCCN2CC(CCN)C2)C1. The van der Waals surface area contributed by atoms with Crippen molar-refractivity contribution in [3.63, 3.8) is 0 Å². The van der Waals surface area contributed by atoms with Crippen LogP contribution in [-0.4, -0.2) is 56.1 Å². The topological polar surface area (TPSA) is 32.5 Å². The van der Waals surface area contributed by atoms with Gasteiger partial charge in [0.2, 0.25) is 0 Å². The van der Waals surface area contributed by atoms with Crippen LogP contribution < -0.4 is 5.73 Å². The predicted octanol–water partition coefficient (Wildman–Crippen LogP) is 0.609. The maximum atomic E-state index is 5.54. The molecule has 0 amide bonds. The quantitative estimate of drug-likeness (QED) is 0.698. The molecular formula is C12H25N3. The summed E-state index contributed by atoms with van der Waals surface area (Å²) in [6.45, 7) is 7.46. The molecule has 3 nitrogen and oxygen atoms in total. The maximum Gasteiger partial charge on any atom is 0.00225 e. The van der Waals surface area contributed by atoms with Gasteiger partial charge in [-0.15, -0.1) is 0 Å². The van der Waals surface area contributed by atoms with Gasteiger partial charge >= 0.3 is 0 Å². The molecule has 2 saturated heterocycles. The molecule has 2 heterocycles. The fourth-order valence-electron chi connectivity index (χ4n) is 2.89. The summed E-state index contributed by atoms with van der Waals surface area (Å²) in [4.78, 5) is 4.99. The van der Waals surface area contributed by atoms with Crippen LogP contribution in [0.25, 0.3) is 0 Å². The van der Waals surface area contributed by atoms with Crippen LogP contribution in [-0.2, 0) is 0 Å². The smallest absolute Gasteiger partial charge is 0.00225 e. The first kappa shape index (κ1) is 11.4. The first-order valence-corrected chi connectivity index (χ1v) is 6.39. The summed E-state index contributed by atoms with van der Waals surface area (Å²) >= 11 is 0. The molecule has 3 heteroatoms. The highest BCUT2D eigenvalue weighted by molar-refractivity contribution is 4.81. The van der Waals surface area contributed by atoms with E-state index >= 15 is 0 Å². The molecule has 15 heavy (non-hydrogen) atoms. The van der Waals surface area contributed by atoms with E-state index in [0.29, 0.717) is 0 Å². The highest BCUT2D eigenvalue weighted by Crippen LogP contribution is 2.22. The highest BCUT2D eigenvalue weighted by atomic mass is 15.2. The molecular weight excluding hydrogens is 186 g/mol. The van der Waals surface area contributed by atoms with Crippen molar-refractivity contribution in [1.29, 1.82) is 0 Å². The van der Waals surface area contributed by atoms with E-state index in [0.717, 1.165) is 18.4 Å². The normalized spacial score (nSPS) is 25.2. The Kier molecular flexibility index (Phi) is 4.00. The second kappa shape index (κ2) is 5.28. The summed E-state index contributed by atoms with van der Waals surface area (Å²) in [5, 5.41) is 0. The molecule has 2 rings (SSSR count). The molecule has 0 aromatic carbocycles. The zero-order chi connectivity index (χ0) is 10.7. The second-order valence-corrected chi connectivity index (χ2v) is 5.43. The van der Waals surface area contributed by atoms with Gasteiger partial charge < -0.3 is 15.5 Å². The van der Waals surface area contributed by atoms with Crippen molar-refractivity contribution in [3.05, 3.63) is 0 Å². The van der Waals surface area contributed by atoms with E-state index in [1.54, 1.807) is 0 Å². The van der Waals surface area contributed by atoms with Crippen molar-refractivity contribution >= 4 is 0 Å². The Bertz CT molecular complexity index is 183. The average molecular weight is 211 g/mol. The third-order valence-corrected chi connectivity index (χ3v) is 3.83. The van der Waals surface area contributed by atoms with Gasteiger partial charge in [0.05, 0.1) is 0 Å². The monoisotopic (exact) mass is 211 g/mol. The summed E-state index contributed by atoms with van der Waals surface area (Å²) in [6.07, 6.45) is 4.06. The molecule has 0 aromatic rings. The van der Waals surface area contributed by atoms with Crippen molar-refractivity contribution in [2.45, 2.75) is 19.3 Å². The maximum absolute atomic E-state index is 5.54. The molecule has 0 aliphatic carbocycles. The van der Waals surface area contributed by atoms with Gasteiger partial charge in [0.25, 0.3) is 0 Å². The van der Waals surface area contributed by atoms with E-state index in [2.05, 4.69) is 16.8 Å². The molecule has 0 unspecified atom stereocenters. The fraction of sp³-hybridized carbons (Fsp3) is 1.00. The van der Waals surface area contributed by atoms with Crippen LogP contribution in [0, 0.1) is 11.8 Å². The summed E-state index contributed by atoms with van der Waals surface area (Å²) < 4.78 is 0. The van der Waals surface area contributed by atoms with Gasteiger partial charge in [-0.3, -0.25) is 0 Å². The van der Waals surface area contributed by atoms with Crippen molar-refractivity contribution in [1.82, 2.24) is 9.80 Å². The van der Waals surface area contributed by atoms with Crippen LogP contribution in [0.5, 0.6) is 0 Å². The van der Waals surface area contributed by atoms with E-state index in [4.69, 9.17) is 5.73 Å². The first-order valence-electron chi connectivity index (χ1n) is 6.39. The van der Waals surface area contributed by atoms with Gasteiger partial charge in [0.15, 0.2) is 0 Å². The molecule has 0 radical (unpaired) electrons. The van der Waals surface area contributed by atoms with Gasteiger partial charge in [0.1, 0.15) is 0 Å². The minimum Gasteiger partial charge on any atom is -0.330 e. The van der Waals surface area contributed by atoms with Crippen molar-refractivity contribution in [2.24, 2.45) is 17.6 Å². The van der Waals surface area contributed by atoms with Crippen LogP contribution in [0.4, 0.5) is 0 Å². The Balaban J connectivity index is 1.43. The van der Waals surface area contributed by atoms with Crippen LogP contribution in [0.2, 0.25) is 0 Å². The van der Waals surface area contributed by atoms with Crippen molar-refractivity contribution < 1.29 is 0 Å². The van der Waals surface area contributed by atoms with Gasteiger partial charge in [-0.1, -0.05) is 0 Å². The lowest BCUT2D eigenvalue weighted by molar-refractivity contribution is 0.0808. The Morgan fingerprint density at radius 2 is 1.73 bits per heavy atom. The third-order valence-electron chi connectivity index (χ3n) is 3.83. The summed E-state index contributed by atoms with van der Waals surface area (Å²) in [7, 11) is 2.21. The molecule has 0 aromatic heterocycles.